The number of nitrogens with one attached hydrogen (secondary N) is 2. The van der Waals surface area contributed by atoms with Crippen LogP contribution in [0.5, 0.6) is 0 Å². The van der Waals surface area contributed by atoms with Crippen molar-refractivity contribution < 1.29 is 27.7 Å². The quantitative estimate of drug-likeness (QED) is 0.703. The fraction of sp³-hybridized carbons (Fsp3) is 0.571. The van der Waals surface area contributed by atoms with Gasteiger partial charge in [0, 0.05) is 7.05 Å². The Hall–Kier alpha value is -2.60. The molecule has 0 bridgehead atoms. The van der Waals surface area contributed by atoms with Crippen LogP contribution in [-0.2, 0) is 15.8 Å². The van der Waals surface area contributed by atoms with Crippen LogP contribution in [0.3, 0.4) is 0 Å². The number of alkyl halides is 3. The van der Waals surface area contributed by atoms with E-state index in [-0.39, 0.29) is 24.7 Å². The molecule has 0 aliphatic heterocycles. The second-order valence-electron chi connectivity index (χ2n) is 7.71. The summed E-state index contributed by atoms with van der Waals surface area (Å²) in [6, 6.07) is 7.07. The first-order valence-electron chi connectivity index (χ1n) is 10.1. The summed E-state index contributed by atoms with van der Waals surface area (Å²) >= 11 is 0. The molecule has 9 heteroatoms. The highest BCUT2D eigenvalue weighted by Gasteiger charge is 2.40. The van der Waals surface area contributed by atoms with Crippen LogP contribution in [-0.4, -0.2) is 48.9 Å². The van der Waals surface area contributed by atoms with Gasteiger partial charge < -0.3 is 15.1 Å². The zero-order chi connectivity index (χ0) is 22.4. The summed E-state index contributed by atoms with van der Waals surface area (Å²) < 4.78 is 39.3. The number of hydrogen-bond acceptors (Lipinski definition) is 3. The minimum Gasteiger partial charge on any atom is -0.322 e. The second-order valence-corrected chi connectivity index (χ2v) is 7.71. The van der Waals surface area contributed by atoms with Crippen LogP contribution >= 0.6 is 0 Å². The molecule has 2 N–H and O–H groups in total. The van der Waals surface area contributed by atoms with E-state index in [2.05, 4.69) is 11.4 Å². The predicted octanol–water partition coefficient (Wildman–Crippen LogP) is 2.23. The van der Waals surface area contributed by atoms with Crippen LogP contribution in [0.1, 0.15) is 44.6 Å². The maximum Gasteiger partial charge on any atom is 0.418 e. The highest BCUT2D eigenvalue weighted by molar-refractivity contribution is 5.92. The Kier molecular flexibility index (Phi) is 7.84. The lowest BCUT2D eigenvalue weighted by molar-refractivity contribution is -0.882. The van der Waals surface area contributed by atoms with E-state index in [1.165, 1.54) is 23.1 Å². The van der Waals surface area contributed by atoms with Gasteiger partial charge in [-0.25, -0.2) is 0 Å². The second kappa shape index (κ2) is 9.94. The molecule has 1 aliphatic rings. The fourth-order valence-corrected chi connectivity index (χ4v) is 3.80. The average molecular weight is 425 g/mol. The van der Waals surface area contributed by atoms with Crippen molar-refractivity contribution in [3.05, 3.63) is 29.8 Å². The molecule has 1 unspecified atom stereocenters. The number of amides is 2. The van der Waals surface area contributed by atoms with Crippen LogP contribution < -0.4 is 10.2 Å². The molecule has 0 saturated heterocycles. The molecule has 164 valence electrons. The maximum atomic E-state index is 13.1. The van der Waals surface area contributed by atoms with Gasteiger partial charge in [0.1, 0.15) is 5.54 Å². The highest BCUT2D eigenvalue weighted by Crippen LogP contribution is 2.34. The van der Waals surface area contributed by atoms with Crippen molar-refractivity contribution in [2.75, 3.05) is 32.0 Å². The van der Waals surface area contributed by atoms with Gasteiger partial charge in [0.15, 0.2) is 13.1 Å². The molecule has 1 aromatic rings. The number of halogens is 3. The predicted molar refractivity (Wildman–Crippen MR) is 106 cm³/mol. The number of nitriles is 1. The zero-order valence-corrected chi connectivity index (χ0v) is 17.3. The number of hydrogen-bond donors (Lipinski definition) is 2. The first kappa shape index (κ1) is 23.7. The minimum absolute atomic E-state index is 0.00916. The van der Waals surface area contributed by atoms with E-state index in [9.17, 15) is 28.0 Å². The number of para-hydroxylation sites is 1. The van der Waals surface area contributed by atoms with Crippen LogP contribution in [0.15, 0.2) is 24.3 Å². The Balaban J connectivity index is 2.01. The van der Waals surface area contributed by atoms with Gasteiger partial charge in [-0.15, -0.1) is 0 Å². The van der Waals surface area contributed by atoms with Gasteiger partial charge >= 0.3 is 6.18 Å². The Bertz CT molecular complexity index is 798. The summed E-state index contributed by atoms with van der Waals surface area (Å²) in [4.78, 5) is 27.2. The van der Waals surface area contributed by atoms with Crippen molar-refractivity contribution in [1.29, 1.82) is 5.26 Å². The number of benzene rings is 1. The van der Waals surface area contributed by atoms with Gasteiger partial charge in [-0.1, -0.05) is 31.4 Å². The van der Waals surface area contributed by atoms with Crippen molar-refractivity contribution in [3.8, 4) is 6.07 Å². The minimum atomic E-state index is -4.58. The Labute approximate surface area is 174 Å². The Morgan fingerprint density at radius 3 is 2.40 bits per heavy atom. The molecular weight excluding hydrogens is 397 g/mol. The molecule has 6 nitrogen and oxygen atoms in total. The van der Waals surface area contributed by atoms with Crippen molar-refractivity contribution in [2.45, 2.75) is 50.7 Å². The number of likely N-dealkylation sites (N-methyl/N-ethyl adjacent to an activating group) is 2. The van der Waals surface area contributed by atoms with Crippen LogP contribution in [0.2, 0.25) is 0 Å². The van der Waals surface area contributed by atoms with Gasteiger partial charge in [0.2, 0.25) is 0 Å². The number of anilines is 1. The Morgan fingerprint density at radius 1 is 1.20 bits per heavy atom. The molecule has 0 heterocycles. The molecule has 2 rings (SSSR count). The smallest absolute Gasteiger partial charge is 0.322 e. The van der Waals surface area contributed by atoms with Gasteiger partial charge in [0.05, 0.1) is 23.9 Å². The SMILES string of the molecule is CC[NH+](CC(=O)Nc1ccccc1C(F)(F)F)CC(=O)N(C)C1(C#N)CCCCC1. The van der Waals surface area contributed by atoms with E-state index in [0.29, 0.717) is 24.3 Å². The summed E-state index contributed by atoms with van der Waals surface area (Å²) in [6.07, 6.45) is -0.514. The van der Waals surface area contributed by atoms with Gasteiger partial charge in [-0.05, 0) is 31.9 Å². The van der Waals surface area contributed by atoms with Crippen LogP contribution in [0.4, 0.5) is 18.9 Å². The lowest BCUT2D eigenvalue weighted by Crippen LogP contribution is -3.14. The topological polar surface area (TPSA) is 77.6 Å². The number of nitrogens with zero attached hydrogens (tertiary/aromatic N) is 2. The molecule has 0 radical (unpaired) electrons. The molecular formula is C21H28F3N4O2+. The maximum absolute atomic E-state index is 13.1. The molecule has 30 heavy (non-hydrogen) atoms. The van der Waals surface area contributed by atoms with Crippen molar-refractivity contribution in [1.82, 2.24) is 4.90 Å². The normalized spacial score (nSPS) is 16.9. The van der Waals surface area contributed by atoms with Gasteiger partial charge in [-0.2, -0.15) is 18.4 Å². The van der Waals surface area contributed by atoms with Crippen molar-refractivity contribution in [3.63, 3.8) is 0 Å². The summed E-state index contributed by atoms with van der Waals surface area (Å²) in [6.45, 7) is 2.07. The number of carbonyl (C=O) groups excluding carboxylic acids is 2. The number of carbonyl (C=O) groups is 2. The number of rotatable bonds is 7. The lowest BCUT2D eigenvalue weighted by Gasteiger charge is -2.39. The fourth-order valence-electron chi connectivity index (χ4n) is 3.80. The lowest BCUT2D eigenvalue weighted by atomic mass is 9.81. The standard InChI is InChI=1S/C21H27F3N4O2/c1-3-28(14-19(30)27(2)20(15-25)11-7-4-8-12-20)13-18(29)26-17-10-6-5-9-16(17)21(22,23)24/h5-6,9-10H,3-4,7-8,11-14H2,1-2H3,(H,26,29)/p+1. The third-order valence-corrected chi connectivity index (χ3v) is 5.72. The molecule has 0 spiro atoms. The number of quaternary nitrogens is 1. The molecule has 1 fully saturated rings. The summed E-state index contributed by atoms with van der Waals surface area (Å²) in [5, 5.41) is 12.0. The first-order chi connectivity index (χ1) is 14.1. The molecule has 1 atom stereocenters. The third-order valence-electron chi connectivity index (χ3n) is 5.72. The summed E-state index contributed by atoms with van der Waals surface area (Å²) in [7, 11) is 1.61. The third kappa shape index (κ3) is 5.72. The average Bonchev–Trinajstić information content (AvgIpc) is 2.72. The molecule has 2 amide bonds. The summed E-state index contributed by atoms with van der Waals surface area (Å²) in [5.41, 5.74) is -2.04. The van der Waals surface area contributed by atoms with E-state index >= 15 is 0 Å². The van der Waals surface area contributed by atoms with Crippen LogP contribution in [0, 0.1) is 11.3 Å². The van der Waals surface area contributed by atoms with Crippen molar-refractivity contribution in [2.24, 2.45) is 0 Å². The van der Waals surface area contributed by atoms with Crippen LogP contribution in [0.25, 0.3) is 0 Å². The van der Waals surface area contributed by atoms with E-state index in [4.69, 9.17) is 0 Å². The Morgan fingerprint density at radius 2 is 1.83 bits per heavy atom. The van der Waals surface area contributed by atoms with E-state index < -0.39 is 23.2 Å². The molecule has 0 aromatic heterocycles. The first-order valence-corrected chi connectivity index (χ1v) is 10.1. The summed E-state index contributed by atoms with van der Waals surface area (Å²) in [5.74, 6) is -0.856. The molecule has 1 saturated carbocycles. The van der Waals surface area contributed by atoms with Crippen molar-refractivity contribution >= 4 is 17.5 Å². The molecule has 1 aliphatic carbocycles. The highest BCUT2D eigenvalue weighted by atomic mass is 19.4. The zero-order valence-electron chi connectivity index (χ0n) is 17.3. The van der Waals surface area contributed by atoms with Gasteiger partial charge in [0.25, 0.3) is 11.8 Å². The van der Waals surface area contributed by atoms with Gasteiger partial charge in [-0.3, -0.25) is 9.59 Å². The van der Waals surface area contributed by atoms with E-state index in [0.717, 1.165) is 25.3 Å². The monoisotopic (exact) mass is 425 g/mol. The largest absolute Gasteiger partial charge is 0.418 e. The van der Waals surface area contributed by atoms with E-state index in [1.54, 1.807) is 14.0 Å². The van der Waals surface area contributed by atoms with E-state index in [1.807, 2.05) is 0 Å². The molecule has 1 aromatic carbocycles.